The highest BCUT2D eigenvalue weighted by Gasteiger charge is 2.28. The largest absolute Gasteiger partial charge is 0.356 e. The molecule has 0 aliphatic heterocycles. The molecule has 0 saturated carbocycles. The van der Waals surface area contributed by atoms with E-state index in [2.05, 4.69) is 90.1 Å². The summed E-state index contributed by atoms with van der Waals surface area (Å²) in [4.78, 5) is 6.64. The minimum absolute atomic E-state index is 0.100. The van der Waals surface area contributed by atoms with Crippen molar-refractivity contribution in [1.29, 1.82) is 0 Å². The number of aromatic nitrogens is 2. The van der Waals surface area contributed by atoms with Gasteiger partial charge in [-0.25, -0.2) is 0 Å². The van der Waals surface area contributed by atoms with Gasteiger partial charge in [0.2, 0.25) is 0 Å². The predicted molar refractivity (Wildman–Crippen MR) is 118 cm³/mol. The fourth-order valence-corrected chi connectivity index (χ4v) is 3.68. The predicted octanol–water partition coefficient (Wildman–Crippen LogP) is 2.95. The Kier molecular flexibility index (Phi) is 8.05. The quantitative estimate of drug-likeness (QED) is 0.516. The van der Waals surface area contributed by atoms with Gasteiger partial charge in [-0.1, -0.05) is 44.2 Å². The molecule has 2 aromatic rings. The maximum atomic E-state index is 4.44. The average Bonchev–Trinajstić information content (AvgIpc) is 3.14. The van der Waals surface area contributed by atoms with E-state index in [0.717, 1.165) is 31.9 Å². The molecule has 1 atom stereocenters. The summed E-state index contributed by atoms with van der Waals surface area (Å²) in [5.41, 5.74) is 2.67. The van der Waals surface area contributed by atoms with Crippen LogP contribution in [0.5, 0.6) is 0 Å². The highest BCUT2D eigenvalue weighted by atomic mass is 15.3. The maximum Gasteiger partial charge on any atom is 0.191 e. The van der Waals surface area contributed by atoms with E-state index < -0.39 is 0 Å². The van der Waals surface area contributed by atoms with Gasteiger partial charge in [0.1, 0.15) is 0 Å². The van der Waals surface area contributed by atoms with Gasteiger partial charge in [-0.3, -0.25) is 9.67 Å². The van der Waals surface area contributed by atoms with Crippen LogP contribution in [0.3, 0.4) is 0 Å². The molecule has 1 aromatic carbocycles. The third-order valence-corrected chi connectivity index (χ3v) is 5.75. The zero-order chi connectivity index (χ0) is 20.6. The first-order valence-corrected chi connectivity index (χ1v) is 10.1. The molecule has 28 heavy (non-hydrogen) atoms. The van der Waals surface area contributed by atoms with Gasteiger partial charge in [-0.15, -0.1) is 0 Å². The number of aryl methyl sites for hydroxylation is 1. The zero-order valence-electron chi connectivity index (χ0n) is 18.2. The second-order valence-corrected chi connectivity index (χ2v) is 7.59. The van der Waals surface area contributed by atoms with Crippen molar-refractivity contribution in [2.45, 2.75) is 38.1 Å². The van der Waals surface area contributed by atoms with E-state index in [1.165, 1.54) is 11.1 Å². The van der Waals surface area contributed by atoms with E-state index in [0.29, 0.717) is 0 Å². The topological polar surface area (TPSA) is 57.5 Å². The molecule has 2 rings (SSSR count). The SMILES string of the molecule is CCC(CC)(CNC(=NC)NCC(c1cnn(C)c1)N(C)C)c1ccccc1. The van der Waals surface area contributed by atoms with E-state index in [1.807, 2.05) is 25.0 Å². The van der Waals surface area contributed by atoms with Crippen molar-refractivity contribution in [1.82, 2.24) is 25.3 Å². The van der Waals surface area contributed by atoms with Crippen LogP contribution in [-0.2, 0) is 12.5 Å². The number of hydrogen-bond acceptors (Lipinski definition) is 3. The van der Waals surface area contributed by atoms with Crippen molar-refractivity contribution < 1.29 is 0 Å². The molecule has 0 bridgehead atoms. The lowest BCUT2D eigenvalue weighted by Gasteiger charge is -2.33. The Hall–Kier alpha value is -2.34. The Morgan fingerprint density at radius 3 is 2.36 bits per heavy atom. The van der Waals surface area contributed by atoms with Gasteiger partial charge in [-0.2, -0.15) is 5.10 Å². The third kappa shape index (κ3) is 5.35. The molecule has 1 aromatic heterocycles. The molecule has 154 valence electrons. The first-order valence-electron chi connectivity index (χ1n) is 10.1. The first kappa shape index (κ1) is 22.0. The Bertz CT molecular complexity index is 730. The summed E-state index contributed by atoms with van der Waals surface area (Å²) in [6.45, 7) is 6.13. The lowest BCUT2D eigenvalue weighted by molar-refractivity contribution is 0.297. The van der Waals surface area contributed by atoms with Crippen LogP contribution in [0.15, 0.2) is 47.7 Å². The molecule has 0 radical (unpaired) electrons. The van der Waals surface area contributed by atoms with Gasteiger partial charge in [0.15, 0.2) is 5.96 Å². The highest BCUT2D eigenvalue weighted by molar-refractivity contribution is 5.79. The molecular formula is C22H36N6. The molecule has 1 heterocycles. The summed E-state index contributed by atoms with van der Waals surface area (Å²) in [5.74, 6) is 0.831. The molecule has 1 unspecified atom stereocenters. The smallest absolute Gasteiger partial charge is 0.191 e. The van der Waals surface area contributed by atoms with Crippen LogP contribution in [0.4, 0.5) is 0 Å². The zero-order valence-corrected chi connectivity index (χ0v) is 18.2. The molecule has 0 aliphatic rings. The van der Waals surface area contributed by atoms with Crippen LogP contribution in [0.2, 0.25) is 0 Å². The van der Waals surface area contributed by atoms with Crippen LogP contribution < -0.4 is 10.6 Å². The Labute approximate surface area is 170 Å². The van der Waals surface area contributed by atoms with Crippen molar-refractivity contribution in [3.05, 3.63) is 53.9 Å². The van der Waals surface area contributed by atoms with Crippen LogP contribution in [0.1, 0.15) is 43.9 Å². The number of hydrogen-bond donors (Lipinski definition) is 2. The Morgan fingerprint density at radius 2 is 1.86 bits per heavy atom. The van der Waals surface area contributed by atoms with Crippen LogP contribution >= 0.6 is 0 Å². The van der Waals surface area contributed by atoms with Crippen LogP contribution in [0.25, 0.3) is 0 Å². The number of likely N-dealkylation sites (N-methyl/N-ethyl adjacent to an activating group) is 1. The molecule has 0 spiro atoms. The van der Waals surface area contributed by atoms with Gasteiger partial charge in [0.05, 0.1) is 12.2 Å². The molecular weight excluding hydrogens is 348 g/mol. The summed E-state index contributed by atoms with van der Waals surface area (Å²) in [5, 5.41) is 11.4. The van der Waals surface area contributed by atoms with Crippen LogP contribution in [-0.4, -0.2) is 54.9 Å². The van der Waals surface area contributed by atoms with E-state index >= 15 is 0 Å². The highest BCUT2D eigenvalue weighted by Crippen LogP contribution is 2.30. The summed E-state index contributed by atoms with van der Waals surface area (Å²) < 4.78 is 1.84. The fourth-order valence-electron chi connectivity index (χ4n) is 3.68. The Balaban J connectivity index is 2.03. The normalized spacial score (nSPS) is 13.6. The van der Waals surface area contributed by atoms with E-state index in [4.69, 9.17) is 0 Å². The molecule has 0 aliphatic carbocycles. The van der Waals surface area contributed by atoms with Gasteiger partial charge >= 0.3 is 0 Å². The monoisotopic (exact) mass is 384 g/mol. The second-order valence-electron chi connectivity index (χ2n) is 7.59. The number of nitrogens with zero attached hydrogens (tertiary/aromatic N) is 4. The van der Waals surface area contributed by atoms with Crippen molar-refractivity contribution in [3.63, 3.8) is 0 Å². The summed E-state index contributed by atoms with van der Waals surface area (Å²) >= 11 is 0. The van der Waals surface area contributed by atoms with Crippen LogP contribution in [0, 0.1) is 0 Å². The van der Waals surface area contributed by atoms with Crippen molar-refractivity contribution in [2.75, 3.05) is 34.2 Å². The number of aliphatic imine (C=N–C) groups is 1. The first-order chi connectivity index (χ1) is 13.5. The molecule has 6 nitrogen and oxygen atoms in total. The van der Waals surface area contributed by atoms with Crippen molar-refractivity contribution in [3.8, 4) is 0 Å². The Morgan fingerprint density at radius 1 is 1.18 bits per heavy atom. The number of rotatable bonds is 9. The van der Waals surface area contributed by atoms with E-state index in [-0.39, 0.29) is 11.5 Å². The second kappa shape index (κ2) is 10.3. The van der Waals surface area contributed by atoms with Gasteiger partial charge in [-0.05, 0) is 32.5 Å². The molecule has 2 N–H and O–H groups in total. The van der Waals surface area contributed by atoms with Crippen molar-refractivity contribution >= 4 is 5.96 Å². The summed E-state index contributed by atoms with van der Waals surface area (Å²) in [6, 6.07) is 11.0. The van der Waals surface area contributed by atoms with E-state index in [1.54, 1.807) is 0 Å². The minimum Gasteiger partial charge on any atom is -0.356 e. The lowest BCUT2D eigenvalue weighted by atomic mass is 9.76. The summed E-state index contributed by atoms with van der Waals surface area (Å²) in [6.07, 6.45) is 6.15. The molecule has 6 heteroatoms. The van der Waals surface area contributed by atoms with Crippen molar-refractivity contribution in [2.24, 2.45) is 12.0 Å². The molecule has 0 saturated heterocycles. The maximum absolute atomic E-state index is 4.44. The number of guanidine groups is 1. The minimum atomic E-state index is 0.100. The third-order valence-electron chi connectivity index (χ3n) is 5.75. The van der Waals surface area contributed by atoms with Gasteiger partial charge < -0.3 is 15.5 Å². The fraction of sp³-hybridized carbons (Fsp3) is 0.545. The molecule has 0 fully saturated rings. The van der Waals surface area contributed by atoms with Gasteiger partial charge in [0, 0.05) is 44.4 Å². The number of nitrogens with one attached hydrogen (secondary N) is 2. The molecule has 0 amide bonds. The van der Waals surface area contributed by atoms with Gasteiger partial charge in [0.25, 0.3) is 0 Å². The van der Waals surface area contributed by atoms with E-state index in [9.17, 15) is 0 Å². The summed E-state index contributed by atoms with van der Waals surface area (Å²) in [7, 11) is 7.95. The lowest BCUT2D eigenvalue weighted by Crippen LogP contribution is -2.47. The number of benzene rings is 1. The standard InChI is InChI=1S/C22H36N6/c1-7-22(8-2,19-12-10-9-11-13-19)17-25-21(23-3)24-15-20(27(4)5)18-14-26-28(6)16-18/h9-14,16,20H,7-8,15,17H2,1-6H3,(H2,23,24,25). The average molecular weight is 385 g/mol.